The summed E-state index contributed by atoms with van der Waals surface area (Å²) in [5.74, 6) is 0.148. The van der Waals surface area contributed by atoms with Crippen molar-refractivity contribution < 1.29 is 4.79 Å². The largest absolute Gasteiger partial charge is 0.397 e. The van der Waals surface area contributed by atoms with Crippen LogP contribution in [0.3, 0.4) is 0 Å². The molecule has 0 bridgehead atoms. The van der Waals surface area contributed by atoms with Crippen molar-refractivity contribution >= 4 is 17.3 Å². The van der Waals surface area contributed by atoms with Gasteiger partial charge in [-0.3, -0.25) is 4.79 Å². The van der Waals surface area contributed by atoms with E-state index >= 15 is 0 Å². The van der Waals surface area contributed by atoms with Gasteiger partial charge in [0, 0.05) is 33.1 Å². The highest BCUT2D eigenvalue weighted by Crippen LogP contribution is 2.24. The molecule has 0 spiro atoms. The number of nitrogens with zero attached hydrogens (tertiary/aromatic N) is 2. The van der Waals surface area contributed by atoms with Crippen molar-refractivity contribution in [2.75, 3.05) is 30.8 Å². The van der Waals surface area contributed by atoms with Gasteiger partial charge in [0.2, 0.25) is 5.91 Å². The second-order valence-corrected chi connectivity index (χ2v) is 6.30. The third-order valence-corrected chi connectivity index (χ3v) is 4.51. The summed E-state index contributed by atoms with van der Waals surface area (Å²) in [4.78, 5) is 16.4. The number of nitrogens with two attached hydrogens (primary N) is 1. The smallest absolute Gasteiger partial charge is 0.222 e. The highest BCUT2D eigenvalue weighted by Gasteiger charge is 2.11. The first-order chi connectivity index (χ1) is 12.0. The molecule has 2 aromatic carbocycles. The van der Waals surface area contributed by atoms with Gasteiger partial charge in [0.25, 0.3) is 0 Å². The minimum atomic E-state index is 0.148. The van der Waals surface area contributed by atoms with Crippen molar-refractivity contribution in [3.8, 4) is 0 Å². The molecule has 2 N–H and O–H groups in total. The predicted molar refractivity (Wildman–Crippen MR) is 106 cm³/mol. The summed E-state index contributed by atoms with van der Waals surface area (Å²) in [6, 6.07) is 16.2. The van der Waals surface area contributed by atoms with Gasteiger partial charge in [0.05, 0.1) is 11.4 Å². The van der Waals surface area contributed by atoms with Gasteiger partial charge < -0.3 is 15.5 Å². The van der Waals surface area contributed by atoms with E-state index in [4.69, 9.17) is 5.73 Å². The third-order valence-electron chi connectivity index (χ3n) is 4.51. The van der Waals surface area contributed by atoms with Crippen molar-refractivity contribution in [1.29, 1.82) is 0 Å². The topological polar surface area (TPSA) is 49.6 Å². The quantitative estimate of drug-likeness (QED) is 0.746. The van der Waals surface area contributed by atoms with Crippen LogP contribution in [-0.2, 0) is 17.8 Å². The lowest BCUT2D eigenvalue weighted by molar-refractivity contribution is -0.130. The van der Waals surface area contributed by atoms with Gasteiger partial charge in [-0.2, -0.15) is 0 Å². The molecule has 0 aliphatic carbocycles. The third kappa shape index (κ3) is 5.24. The van der Waals surface area contributed by atoms with E-state index in [1.165, 1.54) is 0 Å². The molecule has 0 saturated heterocycles. The summed E-state index contributed by atoms with van der Waals surface area (Å²) in [7, 11) is 1.85. The number of hydrogen-bond donors (Lipinski definition) is 1. The first kappa shape index (κ1) is 18.8. The Balaban J connectivity index is 1.92. The van der Waals surface area contributed by atoms with E-state index in [2.05, 4.69) is 30.9 Å². The number of amides is 1. The Morgan fingerprint density at radius 1 is 1.00 bits per heavy atom. The summed E-state index contributed by atoms with van der Waals surface area (Å²) >= 11 is 0. The highest BCUT2D eigenvalue weighted by atomic mass is 16.2. The molecule has 0 saturated carbocycles. The van der Waals surface area contributed by atoms with Crippen molar-refractivity contribution in [2.24, 2.45) is 0 Å². The van der Waals surface area contributed by atoms with Crippen LogP contribution >= 0.6 is 0 Å². The average molecular weight is 339 g/mol. The zero-order chi connectivity index (χ0) is 18.2. The zero-order valence-electron chi connectivity index (χ0n) is 15.5. The van der Waals surface area contributed by atoms with Crippen LogP contribution in [0.4, 0.5) is 11.4 Å². The maximum Gasteiger partial charge on any atom is 0.222 e. The molecule has 4 nitrogen and oxygen atoms in total. The number of benzene rings is 2. The Kier molecular flexibility index (Phi) is 6.87. The molecule has 4 heteroatoms. The first-order valence-electron chi connectivity index (χ1n) is 8.96. The average Bonchev–Trinajstić information content (AvgIpc) is 2.63. The van der Waals surface area contributed by atoms with Gasteiger partial charge in [-0.25, -0.2) is 0 Å². The van der Waals surface area contributed by atoms with Gasteiger partial charge in [-0.1, -0.05) is 36.4 Å². The van der Waals surface area contributed by atoms with Crippen LogP contribution in [-0.4, -0.2) is 30.9 Å². The number of carbonyl (C=O) groups excluding carboxylic acids is 1. The molecule has 0 aliphatic rings. The maximum atomic E-state index is 12.4. The van der Waals surface area contributed by atoms with Crippen molar-refractivity contribution in [3.05, 3.63) is 59.7 Å². The molecular formula is C21H29N3O. The predicted octanol–water partition coefficient (Wildman–Crippen LogP) is 3.71. The Hall–Kier alpha value is -2.49. The second kappa shape index (κ2) is 9.11. The number of rotatable bonds is 8. The van der Waals surface area contributed by atoms with Crippen LogP contribution in [0.25, 0.3) is 0 Å². The van der Waals surface area contributed by atoms with E-state index in [9.17, 15) is 4.79 Å². The van der Waals surface area contributed by atoms with Gasteiger partial charge in [-0.05, 0) is 43.5 Å². The molecule has 0 unspecified atom stereocenters. The Morgan fingerprint density at radius 3 is 2.28 bits per heavy atom. The molecule has 134 valence electrons. The molecule has 0 aromatic heterocycles. The molecule has 0 atom stereocenters. The van der Waals surface area contributed by atoms with Crippen LogP contribution in [0.5, 0.6) is 0 Å². The van der Waals surface area contributed by atoms with Crippen LogP contribution in [0.1, 0.15) is 31.4 Å². The summed E-state index contributed by atoms with van der Waals surface area (Å²) in [5, 5.41) is 0. The Labute approximate surface area is 151 Å². The van der Waals surface area contributed by atoms with Gasteiger partial charge in [-0.15, -0.1) is 0 Å². The summed E-state index contributed by atoms with van der Waals surface area (Å²) < 4.78 is 0. The van der Waals surface area contributed by atoms with E-state index in [1.807, 2.05) is 43.4 Å². The number of anilines is 2. The van der Waals surface area contributed by atoms with Crippen LogP contribution < -0.4 is 10.6 Å². The SMILES string of the molecule is CCN(CC)c1ccc(CCC(=O)N(C)Cc2ccccc2)cc1N. The molecule has 2 aromatic rings. The molecule has 1 amide bonds. The Morgan fingerprint density at radius 2 is 1.68 bits per heavy atom. The summed E-state index contributed by atoms with van der Waals surface area (Å²) in [6.07, 6.45) is 1.20. The monoisotopic (exact) mass is 339 g/mol. The minimum Gasteiger partial charge on any atom is -0.397 e. The number of nitrogen functional groups attached to an aromatic ring is 1. The second-order valence-electron chi connectivity index (χ2n) is 6.30. The molecule has 0 fully saturated rings. The van der Waals surface area contributed by atoms with E-state index in [0.717, 1.165) is 35.6 Å². The number of aryl methyl sites for hydroxylation is 1. The van der Waals surface area contributed by atoms with Crippen molar-refractivity contribution in [2.45, 2.75) is 33.2 Å². The van der Waals surface area contributed by atoms with Crippen molar-refractivity contribution in [1.82, 2.24) is 4.90 Å². The van der Waals surface area contributed by atoms with Crippen LogP contribution in [0.2, 0.25) is 0 Å². The maximum absolute atomic E-state index is 12.4. The molecule has 25 heavy (non-hydrogen) atoms. The highest BCUT2D eigenvalue weighted by molar-refractivity contribution is 5.76. The zero-order valence-corrected chi connectivity index (χ0v) is 15.5. The standard InChI is InChI=1S/C21H29N3O/c1-4-24(5-2)20-13-11-17(15-19(20)22)12-14-21(25)23(3)16-18-9-7-6-8-10-18/h6-11,13,15H,4-5,12,14,16,22H2,1-3H3. The fourth-order valence-corrected chi connectivity index (χ4v) is 3.00. The molecule has 2 rings (SSSR count). The van der Waals surface area contributed by atoms with Crippen LogP contribution in [0, 0.1) is 0 Å². The molecular weight excluding hydrogens is 310 g/mol. The molecule has 0 aliphatic heterocycles. The van der Waals surface area contributed by atoms with Gasteiger partial charge in [0.15, 0.2) is 0 Å². The molecule has 0 radical (unpaired) electrons. The number of carbonyl (C=O) groups is 1. The lowest BCUT2D eigenvalue weighted by atomic mass is 10.1. The van der Waals surface area contributed by atoms with E-state index < -0.39 is 0 Å². The van der Waals surface area contributed by atoms with Gasteiger partial charge >= 0.3 is 0 Å². The van der Waals surface area contributed by atoms with Gasteiger partial charge in [0.1, 0.15) is 0 Å². The lowest BCUT2D eigenvalue weighted by Gasteiger charge is -2.23. The van der Waals surface area contributed by atoms with E-state index in [0.29, 0.717) is 19.4 Å². The normalized spacial score (nSPS) is 10.5. The molecule has 0 heterocycles. The summed E-state index contributed by atoms with van der Waals surface area (Å²) in [5.41, 5.74) is 10.3. The van der Waals surface area contributed by atoms with Crippen LogP contribution in [0.15, 0.2) is 48.5 Å². The summed E-state index contributed by atoms with van der Waals surface area (Å²) in [6.45, 7) is 6.75. The Bertz CT molecular complexity index is 681. The first-order valence-corrected chi connectivity index (χ1v) is 8.96. The van der Waals surface area contributed by atoms with Crippen molar-refractivity contribution in [3.63, 3.8) is 0 Å². The number of hydrogen-bond acceptors (Lipinski definition) is 3. The fourth-order valence-electron chi connectivity index (χ4n) is 3.00. The minimum absolute atomic E-state index is 0.148. The van der Waals surface area contributed by atoms with E-state index in [-0.39, 0.29) is 5.91 Å². The van der Waals surface area contributed by atoms with E-state index in [1.54, 1.807) is 4.90 Å². The lowest BCUT2D eigenvalue weighted by Crippen LogP contribution is -2.26. The fraction of sp³-hybridized carbons (Fsp3) is 0.381.